The first-order chi connectivity index (χ1) is 10.9. The third-order valence-electron chi connectivity index (χ3n) is 3.12. The monoisotopic (exact) mass is 334 g/mol. The Balaban J connectivity index is 2.25. The van der Waals surface area contributed by atoms with E-state index in [9.17, 15) is 19.3 Å². The fourth-order valence-electron chi connectivity index (χ4n) is 1.93. The molecule has 5 nitrogen and oxygen atoms in total. The molecular formula is C16H12ClFN2O3. The van der Waals surface area contributed by atoms with Gasteiger partial charge >= 0.3 is 0 Å². The Hall–Kier alpha value is -2.73. The van der Waals surface area contributed by atoms with E-state index in [2.05, 4.69) is 5.32 Å². The van der Waals surface area contributed by atoms with Gasteiger partial charge in [-0.1, -0.05) is 23.7 Å². The van der Waals surface area contributed by atoms with Crippen molar-refractivity contribution in [2.75, 3.05) is 12.4 Å². The number of halogens is 2. The molecule has 0 radical (unpaired) electrons. The number of benzene rings is 2. The first-order valence-electron chi connectivity index (χ1n) is 6.56. The van der Waals surface area contributed by atoms with E-state index < -0.39 is 10.7 Å². The third-order valence-corrected chi connectivity index (χ3v) is 3.41. The molecule has 0 saturated heterocycles. The number of nitro benzene ring substituents is 1. The average Bonchev–Trinajstić information content (AvgIpc) is 2.54. The number of allylic oxidation sites excluding steroid dienone is 1. The van der Waals surface area contributed by atoms with Gasteiger partial charge in [0, 0.05) is 18.7 Å². The molecule has 0 spiro atoms. The van der Waals surface area contributed by atoms with Crippen molar-refractivity contribution >= 4 is 34.8 Å². The lowest BCUT2D eigenvalue weighted by molar-refractivity contribution is -0.383. The zero-order valence-corrected chi connectivity index (χ0v) is 12.8. The molecule has 2 rings (SSSR count). The van der Waals surface area contributed by atoms with Crippen molar-refractivity contribution in [1.29, 1.82) is 0 Å². The zero-order valence-electron chi connectivity index (χ0n) is 12.0. The van der Waals surface area contributed by atoms with Crippen LogP contribution in [0.25, 0.3) is 6.08 Å². The molecule has 0 saturated carbocycles. The van der Waals surface area contributed by atoms with Gasteiger partial charge in [-0.15, -0.1) is 0 Å². The van der Waals surface area contributed by atoms with Crippen molar-refractivity contribution in [1.82, 2.24) is 0 Å². The van der Waals surface area contributed by atoms with E-state index in [0.717, 1.165) is 6.07 Å². The highest BCUT2D eigenvalue weighted by molar-refractivity contribution is 6.31. The summed E-state index contributed by atoms with van der Waals surface area (Å²) in [4.78, 5) is 22.5. The van der Waals surface area contributed by atoms with Crippen LogP contribution in [0.5, 0.6) is 0 Å². The zero-order chi connectivity index (χ0) is 17.0. The molecule has 0 aromatic heterocycles. The van der Waals surface area contributed by atoms with Gasteiger partial charge in [-0.3, -0.25) is 14.9 Å². The van der Waals surface area contributed by atoms with Crippen molar-refractivity contribution < 1.29 is 14.1 Å². The molecule has 7 heteroatoms. The maximum atomic E-state index is 13.1. The number of rotatable bonds is 5. The molecule has 1 N–H and O–H groups in total. The fourth-order valence-corrected chi connectivity index (χ4v) is 2.11. The molecule has 0 fully saturated rings. The molecule has 0 bridgehead atoms. The van der Waals surface area contributed by atoms with Crippen molar-refractivity contribution in [2.45, 2.75) is 0 Å². The maximum Gasteiger partial charge on any atom is 0.292 e. The summed E-state index contributed by atoms with van der Waals surface area (Å²) in [6, 6.07) is 8.21. The second-order valence-corrected chi connectivity index (χ2v) is 5.02. The third kappa shape index (κ3) is 3.92. The molecule has 0 aliphatic rings. The van der Waals surface area contributed by atoms with Gasteiger partial charge in [0.2, 0.25) is 0 Å². The van der Waals surface area contributed by atoms with E-state index in [-0.39, 0.29) is 22.1 Å². The average molecular weight is 335 g/mol. The van der Waals surface area contributed by atoms with Crippen LogP contribution in [0, 0.1) is 15.9 Å². The summed E-state index contributed by atoms with van der Waals surface area (Å²) in [5.41, 5.74) is 1.02. The highest BCUT2D eigenvalue weighted by atomic mass is 35.5. The Morgan fingerprint density at radius 1 is 1.30 bits per heavy atom. The van der Waals surface area contributed by atoms with E-state index in [1.165, 1.54) is 30.4 Å². The lowest BCUT2D eigenvalue weighted by Gasteiger charge is -2.02. The molecule has 23 heavy (non-hydrogen) atoms. The minimum atomic E-state index is -0.606. The smallest absolute Gasteiger partial charge is 0.292 e. The van der Waals surface area contributed by atoms with Gasteiger partial charge in [0.05, 0.1) is 9.95 Å². The SMILES string of the molecule is CNc1ccc(/C=C/C(=O)c2ccc(F)c(Cl)c2)cc1[N+](=O)[O-]. The molecule has 0 aliphatic carbocycles. The van der Waals surface area contributed by atoms with Gasteiger partial charge in [-0.2, -0.15) is 0 Å². The number of hydrogen-bond donors (Lipinski definition) is 1. The van der Waals surface area contributed by atoms with Crippen LogP contribution >= 0.6 is 11.6 Å². The highest BCUT2D eigenvalue weighted by Crippen LogP contribution is 2.25. The van der Waals surface area contributed by atoms with Gasteiger partial charge in [0.15, 0.2) is 5.78 Å². The summed E-state index contributed by atoms with van der Waals surface area (Å²) in [6.45, 7) is 0. The number of nitrogens with one attached hydrogen (secondary N) is 1. The van der Waals surface area contributed by atoms with E-state index in [0.29, 0.717) is 11.3 Å². The van der Waals surface area contributed by atoms with Gasteiger partial charge in [-0.25, -0.2) is 4.39 Å². The van der Waals surface area contributed by atoms with Crippen molar-refractivity contribution in [3.8, 4) is 0 Å². The summed E-state index contributed by atoms with van der Waals surface area (Å²) < 4.78 is 13.1. The van der Waals surface area contributed by atoms with Crippen LogP contribution in [0.3, 0.4) is 0 Å². The van der Waals surface area contributed by atoms with Gasteiger partial charge in [-0.05, 0) is 35.9 Å². The maximum absolute atomic E-state index is 13.1. The lowest BCUT2D eigenvalue weighted by atomic mass is 10.1. The first kappa shape index (κ1) is 16.6. The Bertz CT molecular complexity index is 806. The first-order valence-corrected chi connectivity index (χ1v) is 6.94. The molecule has 0 aliphatic heterocycles. The van der Waals surface area contributed by atoms with Crippen LogP contribution in [0.15, 0.2) is 42.5 Å². The van der Waals surface area contributed by atoms with E-state index >= 15 is 0 Å². The normalized spacial score (nSPS) is 10.7. The number of ketones is 1. The molecule has 0 unspecified atom stereocenters. The van der Waals surface area contributed by atoms with E-state index in [4.69, 9.17) is 11.6 Å². The minimum absolute atomic E-state index is 0.0908. The molecular weight excluding hydrogens is 323 g/mol. The van der Waals surface area contributed by atoms with E-state index in [1.54, 1.807) is 19.2 Å². The molecule has 118 valence electrons. The Labute approximate surface area is 136 Å². The number of hydrogen-bond acceptors (Lipinski definition) is 4. The molecule has 2 aromatic rings. The number of carbonyl (C=O) groups excluding carboxylic acids is 1. The lowest BCUT2D eigenvalue weighted by Crippen LogP contribution is -1.97. The minimum Gasteiger partial charge on any atom is -0.383 e. The summed E-state index contributed by atoms with van der Waals surface area (Å²) in [5, 5.41) is 13.6. The molecule has 2 aromatic carbocycles. The Morgan fingerprint density at radius 2 is 2.04 bits per heavy atom. The molecule has 0 heterocycles. The second-order valence-electron chi connectivity index (χ2n) is 4.61. The fraction of sp³-hybridized carbons (Fsp3) is 0.0625. The number of carbonyl (C=O) groups is 1. The molecule has 0 atom stereocenters. The summed E-state index contributed by atoms with van der Waals surface area (Å²) >= 11 is 5.63. The second kappa shape index (κ2) is 7.02. The summed E-state index contributed by atoms with van der Waals surface area (Å²) in [6.07, 6.45) is 2.70. The van der Waals surface area contributed by atoms with Crippen LogP contribution in [-0.2, 0) is 0 Å². The highest BCUT2D eigenvalue weighted by Gasteiger charge is 2.12. The topological polar surface area (TPSA) is 72.2 Å². The predicted molar refractivity (Wildman–Crippen MR) is 87.4 cm³/mol. The van der Waals surface area contributed by atoms with E-state index in [1.807, 2.05) is 0 Å². The Morgan fingerprint density at radius 3 is 2.65 bits per heavy atom. The van der Waals surface area contributed by atoms with Crippen LogP contribution < -0.4 is 5.32 Å². The molecule has 0 amide bonds. The number of nitro groups is 1. The number of nitrogens with zero attached hydrogens (tertiary/aromatic N) is 1. The standard InChI is InChI=1S/C16H12ClFN2O3/c1-19-14-6-2-10(8-15(14)20(22)23)3-7-16(21)11-4-5-13(18)12(17)9-11/h2-9,19H,1H3/b7-3+. The van der Waals surface area contributed by atoms with Crippen molar-refractivity contribution in [3.63, 3.8) is 0 Å². The van der Waals surface area contributed by atoms with Crippen molar-refractivity contribution in [2.24, 2.45) is 0 Å². The van der Waals surface area contributed by atoms with Gasteiger partial charge in [0.1, 0.15) is 11.5 Å². The number of anilines is 1. The van der Waals surface area contributed by atoms with Crippen LogP contribution in [0.4, 0.5) is 15.8 Å². The van der Waals surface area contributed by atoms with Crippen molar-refractivity contribution in [3.05, 3.63) is 74.6 Å². The van der Waals surface area contributed by atoms with Crippen LogP contribution in [-0.4, -0.2) is 17.8 Å². The summed E-state index contributed by atoms with van der Waals surface area (Å²) in [5.74, 6) is -0.988. The quantitative estimate of drug-likeness (QED) is 0.382. The predicted octanol–water partition coefficient (Wildman–Crippen LogP) is 4.33. The largest absolute Gasteiger partial charge is 0.383 e. The van der Waals surface area contributed by atoms with Crippen LogP contribution in [0.2, 0.25) is 5.02 Å². The van der Waals surface area contributed by atoms with Crippen LogP contribution in [0.1, 0.15) is 15.9 Å². The Kier molecular flexibility index (Phi) is 5.08. The van der Waals surface area contributed by atoms with Gasteiger partial charge < -0.3 is 5.32 Å². The van der Waals surface area contributed by atoms with Gasteiger partial charge in [0.25, 0.3) is 5.69 Å². The summed E-state index contributed by atoms with van der Waals surface area (Å²) in [7, 11) is 1.58.